The monoisotopic (exact) mass is 392 g/mol. The first-order chi connectivity index (χ1) is 9.31. The van der Waals surface area contributed by atoms with Crippen LogP contribution in [0, 0.1) is 3.57 Å². The molecule has 7 heteroatoms. The van der Waals surface area contributed by atoms with Crippen LogP contribution in [0.5, 0.6) is 5.75 Å². The number of aliphatic carboxylic acids is 1. The van der Waals surface area contributed by atoms with Gasteiger partial charge in [-0.15, -0.1) is 0 Å². The maximum Gasteiger partial charge on any atom is 0.323 e. The number of likely N-dealkylation sites (N-methyl/N-ethyl adjacent to an activating group) is 1. The summed E-state index contributed by atoms with van der Waals surface area (Å²) in [4.78, 5) is 26.3. The van der Waals surface area contributed by atoms with Crippen LogP contribution in [0.1, 0.15) is 10.4 Å². The molecule has 0 heterocycles. The van der Waals surface area contributed by atoms with Gasteiger partial charge < -0.3 is 20.0 Å². The van der Waals surface area contributed by atoms with Gasteiger partial charge in [0.2, 0.25) is 0 Å². The van der Waals surface area contributed by atoms with E-state index in [-0.39, 0.29) is 17.9 Å². The average molecular weight is 392 g/mol. The van der Waals surface area contributed by atoms with Crippen LogP contribution >= 0.6 is 22.6 Å². The summed E-state index contributed by atoms with van der Waals surface area (Å²) >= 11 is 1.95. The lowest BCUT2D eigenvalue weighted by atomic mass is 10.2. The smallest absolute Gasteiger partial charge is 0.323 e. The zero-order valence-corrected chi connectivity index (χ0v) is 13.5. The molecule has 2 N–H and O–H groups in total. The van der Waals surface area contributed by atoms with E-state index >= 15 is 0 Å². The fourth-order valence-electron chi connectivity index (χ4n) is 1.56. The Bertz CT molecular complexity index is 505. The highest BCUT2D eigenvalue weighted by Gasteiger charge is 2.19. The van der Waals surface area contributed by atoms with Gasteiger partial charge in [-0.05, 0) is 54.9 Å². The summed E-state index contributed by atoms with van der Waals surface area (Å²) in [5.41, 5.74) is 0.280. The van der Waals surface area contributed by atoms with Crippen molar-refractivity contribution in [1.29, 1.82) is 0 Å². The van der Waals surface area contributed by atoms with Gasteiger partial charge in [-0.25, -0.2) is 0 Å². The van der Waals surface area contributed by atoms with Gasteiger partial charge in [0, 0.05) is 18.7 Å². The van der Waals surface area contributed by atoms with E-state index in [0.717, 1.165) is 0 Å². The first kappa shape index (κ1) is 16.7. The number of rotatable bonds is 6. The Morgan fingerprint density at radius 3 is 2.40 bits per heavy atom. The molecule has 20 heavy (non-hydrogen) atoms. The Labute approximate surface area is 131 Å². The third-order valence-corrected chi connectivity index (χ3v) is 3.54. The highest BCUT2D eigenvalue weighted by Crippen LogP contribution is 2.21. The van der Waals surface area contributed by atoms with Crippen molar-refractivity contribution in [3.8, 4) is 5.75 Å². The molecular formula is C13H17IN2O4. The van der Waals surface area contributed by atoms with E-state index < -0.39 is 11.9 Å². The normalized spacial score (nSPS) is 10.6. The molecule has 0 bridgehead atoms. The van der Waals surface area contributed by atoms with Crippen LogP contribution < -0.4 is 0 Å². The van der Waals surface area contributed by atoms with Crippen LogP contribution in [0.2, 0.25) is 0 Å². The van der Waals surface area contributed by atoms with Crippen LogP contribution in [-0.4, -0.2) is 65.6 Å². The van der Waals surface area contributed by atoms with Crippen molar-refractivity contribution in [2.24, 2.45) is 0 Å². The molecular weight excluding hydrogens is 375 g/mol. The van der Waals surface area contributed by atoms with Crippen molar-refractivity contribution < 1.29 is 19.8 Å². The molecule has 0 aliphatic rings. The minimum absolute atomic E-state index is 0.0133. The first-order valence-corrected chi connectivity index (χ1v) is 7.03. The van der Waals surface area contributed by atoms with Gasteiger partial charge in [0.1, 0.15) is 12.3 Å². The van der Waals surface area contributed by atoms with E-state index in [9.17, 15) is 14.7 Å². The fraction of sp³-hybridized carbons (Fsp3) is 0.385. The molecule has 0 aromatic heterocycles. The van der Waals surface area contributed by atoms with Gasteiger partial charge in [-0.3, -0.25) is 9.59 Å². The molecule has 1 rings (SSSR count). The van der Waals surface area contributed by atoms with E-state index in [4.69, 9.17) is 5.11 Å². The maximum absolute atomic E-state index is 12.3. The number of hydrogen-bond acceptors (Lipinski definition) is 4. The summed E-state index contributed by atoms with van der Waals surface area (Å²) in [5.74, 6) is -1.45. The zero-order valence-electron chi connectivity index (χ0n) is 11.3. The van der Waals surface area contributed by atoms with Crippen molar-refractivity contribution in [3.05, 3.63) is 27.3 Å². The number of hydrogen-bond donors (Lipinski definition) is 2. The molecule has 0 aliphatic carbocycles. The summed E-state index contributed by atoms with van der Waals surface area (Å²) in [6, 6.07) is 4.55. The van der Waals surface area contributed by atoms with E-state index in [0.29, 0.717) is 16.7 Å². The third-order valence-electron chi connectivity index (χ3n) is 2.62. The van der Waals surface area contributed by atoms with E-state index in [1.807, 2.05) is 41.6 Å². The molecule has 0 aliphatic heterocycles. The molecule has 0 spiro atoms. The number of aromatic hydroxyl groups is 1. The standard InChI is InChI=1S/C13H17IN2O4/c1-15(2)5-6-16(8-12(18)19)13(20)9-3-4-10(14)11(17)7-9/h3-4,7,17H,5-6,8H2,1-2H3,(H,18,19). The molecule has 0 unspecified atom stereocenters. The number of phenols is 1. The number of carbonyl (C=O) groups is 2. The van der Waals surface area contributed by atoms with Gasteiger partial charge in [0.05, 0.1) is 3.57 Å². The Morgan fingerprint density at radius 2 is 1.90 bits per heavy atom. The first-order valence-electron chi connectivity index (χ1n) is 5.95. The SMILES string of the molecule is CN(C)CCN(CC(=O)O)C(=O)c1ccc(I)c(O)c1. The molecule has 0 radical (unpaired) electrons. The summed E-state index contributed by atoms with van der Waals surface area (Å²) in [5, 5.41) is 18.5. The van der Waals surface area contributed by atoms with Crippen LogP contribution in [0.3, 0.4) is 0 Å². The van der Waals surface area contributed by atoms with Gasteiger partial charge in [0.15, 0.2) is 0 Å². The van der Waals surface area contributed by atoms with Crippen molar-refractivity contribution in [2.45, 2.75) is 0 Å². The Morgan fingerprint density at radius 1 is 1.25 bits per heavy atom. The average Bonchev–Trinajstić information content (AvgIpc) is 2.36. The summed E-state index contributed by atoms with van der Waals surface area (Å²) in [6.07, 6.45) is 0. The Balaban J connectivity index is 2.90. The minimum atomic E-state index is -1.06. The molecule has 6 nitrogen and oxygen atoms in total. The van der Waals surface area contributed by atoms with Crippen molar-refractivity contribution >= 4 is 34.5 Å². The highest BCUT2D eigenvalue weighted by atomic mass is 127. The molecule has 1 amide bonds. The largest absolute Gasteiger partial charge is 0.507 e. The number of benzene rings is 1. The van der Waals surface area contributed by atoms with E-state index in [1.54, 1.807) is 12.1 Å². The van der Waals surface area contributed by atoms with Crippen LogP contribution in [0.25, 0.3) is 0 Å². The van der Waals surface area contributed by atoms with Gasteiger partial charge in [0.25, 0.3) is 5.91 Å². The molecule has 1 aromatic carbocycles. The maximum atomic E-state index is 12.3. The number of phenolic OH excluding ortho intramolecular Hbond substituents is 1. The number of carboxylic acids is 1. The lowest BCUT2D eigenvalue weighted by Crippen LogP contribution is -2.40. The predicted molar refractivity (Wildman–Crippen MR) is 82.9 cm³/mol. The second kappa shape index (κ2) is 7.44. The summed E-state index contributed by atoms with van der Waals surface area (Å²) < 4.78 is 0.636. The second-order valence-corrected chi connectivity index (χ2v) is 5.75. The third kappa shape index (κ3) is 4.97. The van der Waals surface area contributed by atoms with Gasteiger partial charge in [-0.1, -0.05) is 0 Å². The molecule has 110 valence electrons. The van der Waals surface area contributed by atoms with Crippen LogP contribution in [-0.2, 0) is 4.79 Å². The van der Waals surface area contributed by atoms with Crippen LogP contribution in [0.15, 0.2) is 18.2 Å². The van der Waals surface area contributed by atoms with E-state index in [2.05, 4.69) is 0 Å². The van der Waals surface area contributed by atoms with Gasteiger partial charge >= 0.3 is 5.97 Å². The lowest BCUT2D eigenvalue weighted by molar-refractivity contribution is -0.137. The van der Waals surface area contributed by atoms with Crippen molar-refractivity contribution in [2.75, 3.05) is 33.7 Å². The Kier molecular flexibility index (Phi) is 6.21. The molecule has 1 aromatic rings. The van der Waals surface area contributed by atoms with Gasteiger partial charge in [-0.2, -0.15) is 0 Å². The highest BCUT2D eigenvalue weighted by molar-refractivity contribution is 14.1. The minimum Gasteiger partial charge on any atom is -0.507 e. The Hall–Kier alpha value is -1.35. The number of carbonyl (C=O) groups excluding carboxylic acids is 1. The topological polar surface area (TPSA) is 81.1 Å². The molecule has 0 saturated carbocycles. The van der Waals surface area contributed by atoms with E-state index in [1.165, 1.54) is 11.0 Å². The number of halogens is 1. The second-order valence-electron chi connectivity index (χ2n) is 4.59. The number of amides is 1. The quantitative estimate of drug-likeness (QED) is 0.709. The summed E-state index contributed by atoms with van der Waals surface area (Å²) in [6.45, 7) is 0.514. The number of nitrogens with zero attached hydrogens (tertiary/aromatic N) is 2. The molecule has 0 fully saturated rings. The molecule has 0 saturated heterocycles. The van der Waals surface area contributed by atoms with Crippen molar-refractivity contribution in [3.63, 3.8) is 0 Å². The fourth-order valence-corrected chi connectivity index (χ4v) is 1.90. The molecule has 0 atom stereocenters. The number of carboxylic acid groups (broad SMARTS) is 1. The predicted octanol–water partition coefficient (Wildman–Crippen LogP) is 1.09. The zero-order chi connectivity index (χ0) is 15.3. The van der Waals surface area contributed by atoms with Crippen LogP contribution in [0.4, 0.5) is 0 Å². The summed E-state index contributed by atoms with van der Waals surface area (Å²) in [7, 11) is 3.69. The van der Waals surface area contributed by atoms with Crippen molar-refractivity contribution in [1.82, 2.24) is 9.80 Å². The lowest BCUT2D eigenvalue weighted by Gasteiger charge is -2.22.